The predicted octanol–water partition coefficient (Wildman–Crippen LogP) is 3.97. The van der Waals surface area contributed by atoms with Crippen molar-refractivity contribution in [2.75, 3.05) is 6.54 Å². The molecule has 8 nitrogen and oxygen atoms in total. The van der Waals surface area contributed by atoms with Crippen LogP contribution in [-0.4, -0.2) is 55.9 Å². The lowest BCUT2D eigenvalue weighted by Gasteiger charge is -2.29. The summed E-state index contributed by atoms with van der Waals surface area (Å²) in [6.45, 7) is 0.465. The monoisotopic (exact) mass is 414 g/mol. The summed E-state index contributed by atoms with van der Waals surface area (Å²) < 4.78 is 0. The summed E-state index contributed by atoms with van der Waals surface area (Å²) in [6, 6.07) is 17.3. The molecule has 30 heavy (non-hydrogen) atoms. The Labute approximate surface area is 175 Å². The number of aliphatic carboxylic acids is 1. The van der Waals surface area contributed by atoms with Gasteiger partial charge in [0.05, 0.1) is 6.42 Å². The first kappa shape index (κ1) is 22.7. The molecule has 1 atom stereocenters. The van der Waals surface area contributed by atoms with E-state index in [0.29, 0.717) is 6.42 Å². The summed E-state index contributed by atoms with van der Waals surface area (Å²) in [7, 11) is 0. The van der Waals surface area contributed by atoms with Gasteiger partial charge in [-0.1, -0.05) is 60.7 Å². The summed E-state index contributed by atoms with van der Waals surface area (Å²) in [5, 5.41) is 28.4. The summed E-state index contributed by atoms with van der Waals surface area (Å²) in [5.41, 5.74) is 1.60. The van der Waals surface area contributed by atoms with Crippen LogP contribution in [-0.2, 0) is 17.9 Å². The highest BCUT2D eigenvalue weighted by molar-refractivity contribution is 5.70. The third kappa shape index (κ3) is 7.46. The van der Waals surface area contributed by atoms with Crippen molar-refractivity contribution >= 4 is 18.2 Å². The molecule has 8 heteroatoms. The molecule has 2 rings (SSSR count). The molecule has 0 unspecified atom stereocenters. The third-order valence-corrected chi connectivity index (χ3v) is 4.74. The largest absolute Gasteiger partial charge is 0.481 e. The molecule has 0 aromatic heterocycles. The van der Waals surface area contributed by atoms with Crippen molar-refractivity contribution in [1.82, 2.24) is 9.80 Å². The van der Waals surface area contributed by atoms with Crippen LogP contribution in [0.3, 0.4) is 0 Å². The molecule has 2 aromatic rings. The van der Waals surface area contributed by atoms with Gasteiger partial charge in [-0.25, -0.2) is 9.59 Å². The van der Waals surface area contributed by atoms with Gasteiger partial charge >= 0.3 is 18.2 Å². The summed E-state index contributed by atoms with van der Waals surface area (Å²) in [5.74, 6) is -1.10. The zero-order valence-electron chi connectivity index (χ0n) is 16.6. The van der Waals surface area contributed by atoms with Gasteiger partial charge in [-0.3, -0.25) is 4.79 Å². The zero-order valence-corrected chi connectivity index (χ0v) is 16.6. The van der Waals surface area contributed by atoms with Gasteiger partial charge in [-0.15, -0.1) is 0 Å². The summed E-state index contributed by atoms with van der Waals surface area (Å²) in [6.07, 6.45) is -2.04. The summed E-state index contributed by atoms with van der Waals surface area (Å²) >= 11 is 0. The third-order valence-electron chi connectivity index (χ3n) is 4.74. The van der Waals surface area contributed by atoms with Crippen LogP contribution in [0.1, 0.15) is 30.4 Å². The van der Waals surface area contributed by atoms with Crippen molar-refractivity contribution in [2.24, 2.45) is 0 Å². The molecule has 0 aliphatic carbocycles. The number of carboxylic acid groups (broad SMARTS) is 3. The smallest absolute Gasteiger partial charge is 0.407 e. The van der Waals surface area contributed by atoms with Gasteiger partial charge in [-0.2, -0.15) is 0 Å². The quantitative estimate of drug-likeness (QED) is 0.512. The Morgan fingerprint density at radius 1 is 0.767 bits per heavy atom. The molecular weight excluding hydrogens is 388 g/mol. The highest BCUT2D eigenvalue weighted by atomic mass is 16.4. The van der Waals surface area contributed by atoms with E-state index in [4.69, 9.17) is 0 Å². The first-order valence-electron chi connectivity index (χ1n) is 9.64. The number of hydrogen-bond donors (Lipinski definition) is 3. The van der Waals surface area contributed by atoms with E-state index in [1.807, 2.05) is 36.4 Å². The standard InChI is InChI=1S/C22H26N2O6/c25-20(26)14-19(24(22(29)30)16-18-10-5-2-6-11-18)12-7-13-23(21(27)28)15-17-8-3-1-4-9-17/h1-6,8-11,19H,7,12-16H2,(H,25,26)(H,27,28)(H,29,30)/t19-/m0/s1. The van der Waals surface area contributed by atoms with Crippen LogP contribution in [0.2, 0.25) is 0 Å². The molecular formula is C22H26N2O6. The number of amides is 2. The van der Waals surface area contributed by atoms with Crippen LogP contribution in [0, 0.1) is 0 Å². The number of rotatable bonds is 11. The number of benzene rings is 2. The van der Waals surface area contributed by atoms with Gasteiger partial charge in [-0.05, 0) is 24.0 Å². The molecule has 0 saturated carbocycles. The number of hydrogen-bond acceptors (Lipinski definition) is 3. The Hall–Kier alpha value is -3.55. The van der Waals surface area contributed by atoms with Crippen LogP contribution in [0.4, 0.5) is 9.59 Å². The highest BCUT2D eigenvalue weighted by Gasteiger charge is 2.26. The van der Waals surface area contributed by atoms with Crippen LogP contribution in [0.5, 0.6) is 0 Å². The lowest BCUT2D eigenvalue weighted by Crippen LogP contribution is -2.41. The topological polar surface area (TPSA) is 118 Å². The van der Waals surface area contributed by atoms with Crippen LogP contribution in [0.15, 0.2) is 60.7 Å². The Morgan fingerprint density at radius 2 is 1.30 bits per heavy atom. The average Bonchev–Trinajstić information content (AvgIpc) is 2.71. The Morgan fingerprint density at radius 3 is 1.77 bits per heavy atom. The maximum absolute atomic E-state index is 11.8. The van der Waals surface area contributed by atoms with E-state index in [9.17, 15) is 29.7 Å². The predicted molar refractivity (Wildman–Crippen MR) is 110 cm³/mol. The normalized spacial score (nSPS) is 11.5. The second-order valence-electron chi connectivity index (χ2n) is 6.98. The molecule has 3 N–H and O–H groups in total. The molecule has 0 fully saturated rings. The van der Waals surface area contributed by atoms with Crippen molar-refractivity contribution in [3.63, 3.8) is 0 Å². The van der Waals surface area contributed by atoms with E-state index in [0.717, 1.165) is 16.0 Å². The van der Waals surface area contributed by atoms with E-state index in [1.54, 1.807) is 24.3 Å². The van der Waals surface area contributed by atoms with Crippen molar-refractivity contribution in [3.05, 3.63) is 71.8 Å². The number of nitrogens with zero attached hydrogens (tertiary/aromatic N) is 2. The fourth-order valence-electron chi connectivity index (χ4n) is 3.27. The maximum atomic E-state index is 11.8. The second kappa shape index (κ2) is 11.5. The summed E-state index contributed by atoms with van der Waals surface area (Å²) in [4.78, 5) is 37.0. The highest BCUT2D eigenvalue weighted by Crippen LogP contribution is 2.17. The van der Waals surface area contributed by atoms with Crippen molar-refractivity contribution in [3.8, 4) is 0 Å². The Bertz CT molecular complexity index is 828. The van der Waals surface area contributed by atoms with E-state index in [2.05, 4.69) is 0 Å². The molecule has 0 aliphatic rings. The molecule has 2 aromatic carbocycles. The van der Waals surface area contributed by atoms with Crippen LogP contribution < -0.4 is 0 Å². The van der Waals surface area contributed by atoms with E-state index in [-0.39, 0.29) is 32.5 Å². The Kier molecular flexibility index (Phi) is 8.68. The minimum absolute atomic E-state index is 0.0702. The molecule has 0 aliphatic heterocycles. The fraction of sp³-hybridized carbons (Fsp3) is 0.318. The van der Waals surface area contributed by atoms with Crippen molar-refractivity contribution in [1.29, 1.82) is 0 Å². The van der Waals surface area contributed by atoms with Gasteiger partial charge in [0, 0.05) is 25.7 Å². The molecule has 0 spiro atoms. The minimum atomic E-state index is -1.20. The first-order valence-corrected chi connectivity index (χ1v) is 9.64. The molecule has 0 heterocycles. The average molecular weight is 414 g/mol. The van der Waals surface area contributed by atoms with Gasteiger partial charge in [0.1, 0.15) is 0 Å². The lowest BCUT2D eigenvalue weighted by atomic mass is 10.0. The van der Waals surface area contributed by atoms with Gasteiger partial charge in [0.15, 0.2) is 0 Å². The first-order chi connectivity index (χ1) is 14.4. The maximum Gasteiger partial charge on any atom is 0.407 e. The lowest BCUT2D eigenvalue weighted by molar-refractivity contribution is -0.138. The fourth-order valence-corrected chi connectivity index (χ4v) is 3.27. The van der Waals surface area contributed by atoms with Crippen molar-refractivity contribution < 1.29 is 29.7 Å². The number of carboxylic acids is 1. The second-order valence-corrected chi connectivity index (χ2v) is 6.98. The van der Waals surface area contributed by atoms with Crippen LogP contribution in [0.25, 0.3) is 0 Å². The molecule has 160 valence electrons. The van der Waals surface area contributed by atoms with E-state index < -0.39 is 24.2 Å². The molecule has 2 amide bonds. The van der Waals surface area contributed by atoms with Crippen LogP contribution >= 0.6 is 0 Å². The molecule has 0 bridgehead atoms. The Balaban J connectivity index is 2.03. The van der Waals surface area contributed by atoms with Crippen molar-refractivity contribution in [2.45, 2.75) is 38.4 Å². The van der Waals surface area contributed by atoms with E-state index in [1.165, 1.54) is 4.90 Å². The molecule has 0 radical (unpaired) electrons. The van der Waals surface area contributed by atoms with Gasteiger partial charge < -0.3 is 25.1 Å². The van der Waals surface area contributed by atoms with Gasteiger partial charge in [0.25, 0.3) is 0 Å². The SMILES string of the molecule is O=C(O)C[C@H](CCCN(Cc1ccccc1)C(=O)O)N(Cc1ccccc1)C(=O)O. The zero-order chi connectivity index (χ0) is 21.9. The minimum Gasteiger partial charge on any atom is -0.481 e. The number of carbonyl (C=O) groups is 3. The molecule has 0 saturated heterocycles. The van der Waals surface area contributed by atoms with E-state index >= 15 is 0 Å². The van der Waals surface area contributed by atoms with Gasteiger partial charge in [0.2, 0.25) is 0 Å².